The second kappa shape index (κ2) is 5.03. The molecule has 0 bridgehead atoms. The second-order valence-corrected chi connectivity index (χ2v) is 5.59. The molecular formula is C16H24. The Kier molecular flexibility index (Phi) is 3.68. The molecule has 0 aromatic heterocycles. The van der Waals surface area contributed by atoms with E-state index in [0.29, 0.717) is 5.41 Å². The van der Waals surface area contributed by atoms with Crippen LogP contribution >= 0.6 is 0 Å². The highest BCUT2D eigenvalue weighted by molar-refractivity contribution is 5.22. The minimum Gasteiger partial charge on any atom is -0.0648 e. The van der Waals surface area contributed by atoms with E-state index >= 15 is 0 Å². The van der Waals surface area contributed by atoms with Crippen LogP contribution in [0.15, 0.2) is 30.3 Å². The maximum atomic E-state index is 2.51. The van der Waals surface area contributed by atoms with E-state index < -0.39 is 0 Å². The minimum atomic E-state index is 0.550. The van der Waals surface area contributed by atoms with Crippen molar-refractivity contribution in [3.05, 3.63) is 35.9 Å². The van der Waals surface area contributed by atoms with E-state index in [-0.39, 0.29) is 0 Å². The van der Waals surface area contributed by atoms with Gasteiger partial charge >= 0.3 is 0 Å². The Bertz CT molecular complexity index is 306. The zero-order valence-corrected chi connectivity index (χ0v) is 10.7. The van der Waals surface area contributed by atoms with Gasteiger partial charge in [0, 0.05) is 0 Å². The topological polar surface area (TPSA) is 0 Å². The first-order valence-corrected chi connectivity index (χ1v) is 6.81. The van der Waals surface area contributed by atoms with Gasteiger partial charge in [-0.15, -0.1) is 0 Å². The van der Waals surface area contributed by atoms with Gasteiger partial charge in [0.2, 0.25) is 0 Å². The molecule has 88 valence electrons. The van der Waals surface area contributed by atoms with Gasteiger partial charge in [0.05, 0.1) is 0 Å². The Morgan fingerprint density at radius 1 is 1.06 bits per heavy atom. The summed E-state index contributed by atoms with van der Waals surface area (Å²) >= 11 is 0. The highest BCUT2D eigenvalue weighted by Gasteiger charge is 2.34. The molecular weight excluding hydrogens is 192 g/mol. The summed E-state index contributed by atoms with van der Waals surface area (Å²) in [6.45, 7) is 4.85. The molecule has 0 radical (unpaired) electrons. The third-order valence-electron chi connectivity index (χ3n) is 4.45. The Hall–Kier alpha value is -0.780. The van der Waals surface area contributed by atoms with Crippen LogP contribution in [-0.2, 0) is 0 Å². The van der Waals surface area contributed by atoms with E-state index in [1.165, 1.54) is 38.5 Å². The molecule has 0 saturated heterocycles. The van der Waals surface area contributed by atoms with Crippen molar-refractivity contribution in [3.63, 3.8) is 0 Å². The number of rotatable bonds is 3. The predicted octanol–water partition coefficient (Wildman–Crippen LogP) is 5.15. The van der Waals surface area contributed by atoms with Crippen LogP contribution in [0, 0.1) is 5.41 Å². The summed E-state index contributed by atoms with van der Waals surface area (Å²) in [6, 6.07) is 11.1. The Morgan fingerprint density at radius 2 is 1.69 bits per heavy atom. The first-order chi connectivity index (χ1) is 7.76. The van der Waals surface area contributed by atoms with Crippen molar-refractivity contribution >= 4 is 0 Å². The summed E-state index contributed by atoms with van der Waals surface area (Å²) in [4.78, 5) is 0. The number of hydrogen-bond acceptors (Lipinski definition) is 0. The summed E-state index contributed by atoms with van der Waals surface area (Å²) in [5, 5.41) is 0. The summed E-state index contributed by atoms with van der Waals surface area (Å²) in [5.74, 6) is 0.758. The van der Waals surface area contributed by atoms with Gasteiger partial charge < -0.3 is 0 Å². The Labute approximate surface area is 100 Å². The van der Waals surface area contributed by atoms with Gasteiger partial charge in [0.15, 0.2) is 0 Å². The van der Waals surface area contributed by atoms with Crippen LogP contribution in [0.4, 0.5) is 0 Å². The molecule has 1 saturated carbocycles. The fourth-order valence-electron chi connectivity index (χ4n) is 3.52. The van der Waals surface area contributed by atoms with Gasteiger partial charge in [-0.1, -0.05) is 63.4 Å². The van der Waals surface area contributed by atoms with Crippen LogP contribution in [0.3, 0.4) is 0 Å². The van der Waals surface area contributed by atoms with E-state index in [0.717, 1.165) is 5.92 Å². The molecule has 0 N–H and O–H groups in total. The average Bonchev–Trinajstić information content (AvgIpc) is 2.32. The molecule has 1 fully saturated rings. The molecule has 1 atom stereocenters. The third-order valence-corrected chi connectivity index (χ3v) is 4.45. The lowest BCUT2D eigenvalue weighted by molar-refractivity contribution is 0.164. The summed E-state index contributed by atoms with van der Waals surface area (Å²) in [7, 11) is 0. The van der Waals surface area contributed by atoms with E-state index in [4.69, 9.17) is 0 Å². The third kappa shape index (κ3) is 2.31. The Balaban J connectivity index is 2.21. The predicted molar refractivity (Wildman–Crippen MR) is 70.7 cm³/mol. The van der Waals surface area contributed by atoms with Crippen LogP contribution < -0.4 is 0 Å². The SMILES string of the molecule is CCC(c1ccccc1)C1(C)CCCCC1. The monoisotopic (exact) mass is 216 g/mol. The normalized spacial score (nSPS) is 21.6. The fraction of sp³-hybridized carbons (Fsp3) is 0.625. The maximum absolute atomic E-state index is 2.51. The minimum absolute atomic E-state index is 0.550. The van der Waals surface area contributed by atoms with Gasteiger partial charge in [-0.3, -0.25) is 0 Å². The molecule has 1 aromatic rings. The standard InChI is InChI=1S/C16H24/c1-3-15(14-10-6-4-7-11-14)16(2)12-8-5-9-13-16/h4,6-7,10-11,15H,3,5,8-9,12-13H2,1-2H3. The number of benzene rings is 1. The lowest BCUT2D eigenvalue weighted by atomic mass is 9.64. The molecule has 1 aliphatic carbocycles. The van der Waals surface area contributed by atoms with Crippen molar-refractivity contribution < 1.29 is 0 Å². The van der Waals surface area contributed by atoms with Crippen molar-refractivity contribution in [2.75, 3.05) is 0 Å². The molecule has 1 aliphatic rings. The lowest BCUT2D eigenvalue weighted by Gasteiger charge is -2.41. The van der Waals surface area contributed by atoms with Crippen LogP contribution in [-0.4, -0.2) is 0 Å². The maximum Gasteiger partial charge on any atom is -0.0111 e. The van der Waals surface area contributed by atoms with Gasteiger partial charge in [-0.25, -0.2) is 0 Å². The molecule has 0 aliphatic heterocycles. The van der Waals surface area contributed by atoms with E-state index in [9.17, 15) is 0 Å². The van der Waals surface area contributed by atoms with Crippen molar-refractivity contribution in [2.45, 2.75) is 58.3 Å². The van der Waals surface area contributed by atoms with E-state index in [1.54, 1.807) is 5.56 Å². The van der Waals surface area contributed by atoms with Crippen molar-refractivity contribution in [1.29, 1.82) is 0 Å². The molecule has 2 rings (SSSR count). The van der Waals surface area contributed by atoms with Crippen LogP contribution in [0.5, 0.6) is 0 Å². The fourth-order valence-corrected chi connectivity index (χ4v) is 3.52. The molecule has 1 unspecified atom stereocenters. The van der Waals surface area contributed by atoms with Gasteiger partial charge in [0.1, 0.15) is 0 Å². The highest BCUT2D eigenvalue weighted by atomic mass is 14.4. The Morgan fingerprint density at radius 3 is 2.25 bits per heavy atom. The van der Waals surface area contributed by atoms with Crippen molar-refractivity contribution in [1.82, 2.24) is 0 Å². The number of hydrogen-bond donors (Lipinski definition) is 0. The van der Waals surface area contributed by atoms with Gasteiger partial charge in [-0.2, -0.15) is 0 Å². The highest BCUT2D eigenvalue weighted by Crippen LogP contribution is 2.48. The van der Waals surface area contributed by atoms with Gasteiger partial charge in [0.25, 0.3) is 0 Å². The average molecular weight is 216 g/mol. The largest absolute Gasteiger partial charge is 0.0648 e. The molecule has 0 heterocycles. The first kappa shape index (κ1) is 11.7. The zero-order chi connectivity index (χ0) is 11.4. The van der Waals surface area contributed by atoms with Crippen LogP contribution in [0.2, 0.25) is 0 Å². The summed E-state index contributed by atoms with van der Waals surface area (Å²) < 4.78 is 0. The molecule has 0 spiro atoms. The van der Waals surface area contributed by atoms with Crippen molar-refractivity contribution in [3.8, 4) is 0 Å². The van der Waals surface area contributed by atoms with Gasteiger partial charge in [-0.05, 0) is 36.2 Å². The van der Waals surface area contributed by atoms with Crippen LogP contribution in [0.1, 0.15) is 63.9 Å². The van der Waals surface area contributed by atoms with E-state index in [2.05, 4.69) is 44.2 Å². The summed E-state index contributed by atoms with van der Waals surface area (Å²) in [6.07, 6.45) is 8.42. The van der Waals surface area contributed by atoms with Crippen LogP contribution in [0.25, 0.3) is 0 Å². The summed E-state index contributed by atoms with van der Waals surface area (Å²) in [5.41, 5.74) is 2.10. The van der Waals surface area contributed by atoms with Crippen molar-refractivity contribution in [2.24, 2.45) is 5.41 Å². The van der Waals surface area contributed by atoms with E-state index in [1.807, 2.05) is 0 Å². The first-order valence-electron chi connectivity index (χ1n) is 6.81. The molecule has 16 heavy (non-hydrogen) atoms. The molecule has 0 amide bonds. The quantitative estimate of drug-likeness (QED) is 0.655. The second-order valence-electron chi connectivity index (χ2n) is 5.59. The lowest BCUT2D eigenvalue weighted by Crippen LogP contribution is -2.28. The molecule has 0 heteroatoms. The smallest absolute Gasteiger partial charge is 0.0111 e. The molecule has 0 nitrogen and oxygen atoms in total. The zero-order valence-electron chi connectivity index (χ0n) is 10.7. The molecule has 1 aromatic carbocycles.